The third-order valence-electron chi connectivity index (χ3n) is 2.43. The van der Waals surface area contributed by atoms with Crippen LogP contribution in [0.4, 0.5) is 0 Å². The molecule has 0 bridgehead atoms. The molecular formula is C12H12N2O2. The zero-order valence-electron chi connectivity index (χ0n) is 8.63. The third-order valence-corrected chi connectivity index (χ3v) is 2.43. The summed E-state index contributed by atoms with van der Waals surface area (Å²) in [7, 11) is 0. The molecule has 0 spiro atoms. The van der Waals surface area contributed by atoms with Gasteiger partial charge >= 0.3 is 5.97 Å². The minimum Gasteiger partial charge on any atom is -0.481 e. The van der Waals surface area contributed by atoms with Crippen molar-refractivity contribution < 1.29 is 9.90 Å². The lowest BCUT2D eigenvalue weighted by Gasteiger charge is -2.09. The molecule has 0 saturated carbocycles. The molecule has 2 aromatic rings. The van der Waals surface area contributed by atoms with Crippen LogP contribution in [-0.2, 0) is 4.79 Å². The van der Waals surface area contributed by atoms with Crippen LogP contribution in [0.25, 0.3) is 10.9 Å². The molecule has 16 heavy (non-hydrogen) atoms. The van der Waals surface area contributed by atoms with Gasteiger partial charge in [-0.25, -0.2) is 0 Å². The molecule has 1 aromatic carbocycles. The van der Waals surface area contributed by atoms with Crippen LogP contribution in [0.2, 0.25) is 0 Å². The summed E-state index contributed by atoms with van der Waals surface area (Å²) in [4.78, 5) is 14.8. The van der Waals surface area contributed by atoms with Crippen LogP contribution in [0, 0.1) is 0 Å². The van der Waals surface area contributed by atoms with E-state index in [0.29, 0.717) is 0 Å². The summed E-state index contributed by atoms with van der Waals surface area (Å²) in [6.45, 7) is 0. The summed E-state index contributed by atoms with van der Waals surface area (Å²) in [6.07, 6.45) is 1.55. The fourth-order valence-corrected chi connectivity index (χ4v) is 1.60. The average Bonchev–Trinajstić information content (AvgIpc) is 2.27. The Balaban J connectivity index is 2.35. The Bertz CT molecular complexity index is 525. The third kappa shape index (κ3) is 2.17. The van der Waals surface area contributed by atoms with Crippen molar-refractivity contribution in [1.82, 2.24) is 4.98 Å². The molecule has 1 heterocycles. The number of nitrogens with two attached hydrogens (primary N) is 1. The molecule has 0 radical (unpaired) electrons. The number of nitrogens with zero attached hydrogens (tertiary/aromatic N) is 1. The van der Waals surface area contributed by atoms with Gasteiger partial charge < -0.3 is 10.8 Å². The van der Waals surface area contributed by atoms with E-state index in [-0.39, 0.29) is 6.42 Å². The van der Waals surface area contributed by atoms with Crippen LogP contribution in [0.15, 0.2) is 36.5 Å². The van der Waals surface area contributed by atoms with Gasteiger partial charge in [0, 0.05) is 17.6 Å². The first-order chi connectivity index (χ1) is 7.66. The van der Waals surface area contributed by atoms with Crippen molar-refractivity contribution in [3.63, 3.8) is 0 Å². The summed E-state index contributed by atoms with van der Waals surface area (Å²) in [6, 6.07) is 9.04. The van der Waals surface area contributed by atoms with Crippen LogP contribution in [-0.4, -0.2) is 16.1 Å². The lowest BCUT2D eigenvalue weighted by Crippen LogP contribution is -2.15. The van der Waals surface area contributed by atoms with Crippen molar-refractivity contribution in [2.75, 3.05) is 0 Å². The largest absolute Gasteiger partial charge is 0.481 e. The lowest BCUT2D eigenvalue weighted by molar-refractivity contribution is -0.137. The van der Waals surface area contributed by atoms with Gasteiger partial charge in [0.25, 0.3) is 0 Å². The molecule has 82 valence electrons. The zero-order valence-corrected chi connectivity index (χ0v) is 8.63. The predicted octanol–water partition coefficient (Wildman–Crippen LogP) is 1.71. The lowest BCUT2D eigenvalue weighted by atomic mass is 10.0. The number of aliphatic carboxylic acids is 1. The molecule has 1 atom stereocenters. The smallest absolute Gasteiger partial charge is 0.305 e. The highest BCUT2D eigenvalue weighted by Gasteiger charge is 2.11. The van der Waals surface area contributed by atoms with E-state index < -0.39 is 12.0 Å². The number of fused-ring (bicyclic) bond motifs is 1. The summed E-state index contributed by atoms with van der Waals surface area (Å²) < 4.78 is 0. The fraction of sp³-hybridized carbons (Fsp3) is 0.167. The van der Waals surface area contributed by atoms with Crippen molar-refractivity contribution >= 4 is 16.9 Å². The second-order valence-electron chi connectivity index (χ2n) is 3.67. The van der Waals surface area contributed by atoms with Gasteiger partial charge in [-0.2, -0.15) is 0 Å². The first-order valence-electron chi connectivity index (χ1n) is 4.99. The molecular weight excluding hydrogens is 204 g/mol. The predicted molar refractivity (Wildman–Crippen MR) is 60.9 cm³/mol. The second-order valence-corrected chi connectivity index (χ2v) is 3.67. The normalized spacial score (nSPS) is 12.6. The van der Waals surface area contributed by atoms with Crippen LogP contribution in [0.1, 0.15) is 18.0 Å². The SMILES string of the molecule is N[C@H](CC(=O)O)c1cnc2ccccc2c1. The number of hydrogen-bond acceptors (Lipinski definition) is 3. The highest BCUT2D eigenvalue weighted by molar-refractivity contribution is 5.79. The number of carboxylic acids is 1. The molecule has 0 fully saturated rings. The maximum atomic E-state index is 10.5. The van der Waals surface area contributed by atoms with Gasteiger partial charge in [-0.1, -0.05) is 18.2 Å². The first kappa shape index (κ1) is 10.6. The summed E-state index contributed by atoms with van der Waals surface area (Å²) in [5.41, 5.74) is 7.40. The Labute approximate surface area is 92.7 Å². The number of aromatic nitrogens is 1. The molecule has 0 amide bonds. The number of hydrogen-bond donors (Lipinski definition) is 2. The molecule has 0 aliphatic rings. The number of rotatable bonds is 3. The summed E-state index contributed by atoms with van der Waals surface area (Å²) in [5, 5.41) is 9.63. The Morgan fingerprint density at radius 3 is 2.94 bits per heavy atom. The number of pyridine rings is 1. The van der Waals surface area contributed by atoms with E-state index in [1.165, 1.54) is 0 Å². The van der Waals surface area contributed by atoms with Gasteiger partial charge in [-0.3, -0.25) is 9.78 Å². The zero-order chi connectivity index (χ0) is 11.5. The second kappa shape index (κ2) is 4.28. The van der Waals surface area contributed by atoms with Crippen molar-refractivity contribution in [3.8, 4) is 0 Å². The maximum Gasteiger partial charge on any atom is 0.305 e. The molecule has 0 unspecified atom stereocenters. The number of carbonyl (C=O) groups is 1. The number of para-hydroxylation sites is 1. The highest BCUT2D eigenvalue weighted by Crippen LogP contribution is 2.18. The van der Waals surface area contributed by atoms with Crippen LogP contribution in [0.3, 0.4) is 0 Å². The van der Waals surface area contributed by atoms with E-state index in [9.17, 15) is 4.79 Å². The molecule has 1 aromatic heterocycles. The molecule has 0 aliphatic carbocycles. The number of benzene rings is 1. The maximum absolute atomic E-state index is 10.5. The number of carboxylic acid groups (broad SMARTS) is 1. The van der Waals surface area contributed by atoms with Gasteiger partial charge in [-0.15, -0.1) is 0 Å². The van der Waals surface area contributed by atoms with Crippen molar-refractivity contribution in [3.05, 3.63) is 42.1 Å². The van der Waals surface area contributed by atoms with Crippen LogP contribution >= 0.6 is 0 Å². The molecule has 0 aliphatic heterocycles. The van der Waals surface area contributed by atoms with E-state index in [1.807, 2.05) is 30.3 Å². The molecule has 4 nitrogen and oxygen atoms in total. The standard InChI is InChI=1S/C12H12N2O2/c13-10(6-12(15)16)9-5-8-3-1-2-4-11(8)14-7-9/h1-5,7,10H,6,13H2,(H,15,16)/t10-/m1/s1. The van der Waals surface area contributed by atoms with Crippen LogP contribution in [0.5, 0.6) is 0 Å². The van der Waals surface area contributed by atoms with E-state index >= 15 is 0 Å². The van der Waals surface area contributed by atoms with E-state index in [0.717, 1.165) is 16.5 Å². The van der Waals surface area contributed by atoms with Crippen molar-refractivity contribution in [1.29, 1.82) is 0 Å². The monoisotopic (exact) mass is 216 g/mol. The van der Waals surface area contributed by atoms with Crippen molar-refractivity contribution in [2.45, 2.75) is 12.5 Å². The van der Waals surface area contributed by atoms with E-state index in [2.05, 4.69) is 4.98 Å². The Morgan fingerprint density at radius 2 is 2.19 bits per heavy atom. The highest BCUT2D eigenvalue weighted by atomic mass is 16.4. The average molecular weight is 216 g/mol. The Kier molecular flexibility index (Phi) is 2.83. The van der Waals surface area contributed by atoms with Gasteiger partial charge in [0.1, 0.15) is 0 Å². The van der Waals surface area contributed by atoms with Crippen molar-refractivity contribution in [2.24, 2.45) is 5.73 Å². The van der Waals surface area contributed by atoms with Gasteiger partial charge in [-0.05, 0) is 17.7 Å². The van der Waals surface area contributed by atoms with Gasteiger partial charge in [0.15, 0.2) is 0 Å². The summed E-state index contributed by atoms with van der Waals surface area (Å²) in [5.74, 6) is -0.902. The molecule has 3 N–H and O–H groups in total. The quantitative estimate of drug-likeness (QED) is 0.818. The molecule has 0 saturated heterocycles. The molecule has 4 heteroatoms. The van der Waals surface area contributed by atoms with Crippen LogP contribution < -0.4 is 5.73 Å². The molecule has 2 rings (SSSR count). The Hall–Kier alpha value is -1.94. The fourth-order valence-electron chi connectivity index (χ4n) is 1.60. The van der Waals surface area contributed by atoms with Gasteiger partial charge in [0.05, 0.1) is 11.9 Å². The minimum absolute atomic E-state index is 0.0833. The first-order valence-corrected chi connectivity index (χ1v) is 4.99. The van der Waals surface area contributed by atoms with E-state index in [4.69, 9.17) is 10.8 Å². The topological polar surface area (TPSA) is 76.2 Å². The Morgan fingerprint density at radius 1 is 1.44 bits per heavy atom. The minimum atomic E-state index is -0.902. The summed E-state index contributed by atoms with van der Waals surface area (Å²) >= 11 is 0. The van der Waals surface area contributed by atoms with Gasteiger partial charge in [0.2, 0.25) is 0 Å². The van der Waals surface area contributed by atoms with E-state index in [1.54, 1.807) is 6.20 Å².